The van der Waals surface area contributed by atoms with Crippen molar-refractivity contribution in [2.24, 2.45) is 0 Å². The van der Waals surface area contributed by atoms with Gasteiger partial charge in [0, 0.05) is 12.6 Å². The molecule has 98 valence electrons. The van der Waals surface area contributed by atoms with Crippen molar-refractivity contribution >= 4 is 11.5 Å². The maximum Gasteiger partial charge on any atom is 0.132 e. The lowest BCUT2D eigenvalue weighted by atomic mass is 10.2. The van der Waals surface area contributed by atoms with Crippen LogP contribution in [0.2, 0.25) is 0 Å². The Bertz CT molecular complexity index is 561. The number of nitrogens with two attached hydrogens (primary N) is 1. The molecule has 2 aromatic rings. The van der Waals surface area contributed by atoms with Gasteiger partial charge in [-0.3, -0.25) is 0 Å². The fourth-order valence-electron chi connectivity index (χ4n) is 2.43. The van der Waals surface area contributed by atoms with Gasteiger partial charge in [0.25, 0.3) is 0 Å². The van der Waals surface area contributed by atoms with E-state index in [1.165, 1.54) is 18.4 Å². The molecule has 1 saturated carbocycles. The number of hydrogen-bond donors (Lipinski definition) is 1. The summed E-state index contributed by atoms with van der Waals surface area (Å²) in [7, 11) is 0. The van der Waals surface area contributed by atoms with Gasteiger partial charge in [-0.2, -0.15) is 0 Å². The number of aryl methyl sites for hydroxylation is 1. The quantitative estimate of drug-likeness (QED) is 0.910. The maximum atomic E-state index is 5.79. The van der Waals surface area contributed by atoms with E-state index >= 15 is 0 Å². The van der Waals surface area contributed by atoms with Crippen molar-refractivity contribution < 1.29 is 0 Å². The second kappa shape index (κ2) is 4.92. The molecule has 3 nitrogen and oxygen atoms in total. The first-order chi connectivity index (χ1) is 9.24. The van der Waals surface area contributed by atoms with Gasteiger partial charge in [0.15, 0.2) is 0 Å². The molecule has 19 heavy (non-hydrogen) atoms. The summed E-state index contributed by atoms with van der Waals surface area (Å²) >= 11 is 0. The molecule has 1 fully saturated rings. The van der Waals surface area contributed by atoms with Crippen LogP contribution in [0.3, 0.4) is 0 Å². The summed E-state index contributed by atoms with van der Waals surface area (Å²) < 4.78 is 0. The molecule has 1 heterocycles. The van der Waals surface area contributed by atoms with E-state index in [0.29, 0.717) is 6.04 Å². The van der Waals surface area contributed by atoms with Crippen LogP contribution in [-0.2, 0) is 6.54 Å². The molecule has 0 aliphatic heterocycles. The van der Waals surface area contributed by atoms with Gasteiger partial charge < -0.3 is 10.6 Å². The van der Waals surface area contributed by atoms with Crippen LogP contribution in [0.4, 0.5) is 11.5 Å². The molecule has 1 aromatic heterocycles. The third kappa shape index (κ3) is 2.70. The van der Waals surface area contributed by atoms with E-state index in [2.05, 4.69) is 47.1 Å². The monoisotopic (exact) mass is 253 g/mol. The lowest BCUT2D eigenvalue weighted by molar-refractivity contribution is 0.774. The molecule has 0 spiro atoms. The fraction of sp³-hybridized carbons (Fsp3) is 0.312. The van der Waals surface area contributed by atoms with Gasteiger partial charge in [0.2, 0.25) is 0 Å². The molecule has 3 heteroatoms. The molecule has 1 aliphatic rings. The molecule has 3 rings (SSSR count). The van der Waals surface area contributed by atoms with Crippen molar-refractivity contribution in [3.05, 3.63) is 53.7 Å². The Labute approximate surface area is 114 Å². The number of aromatic nitrogens is 1. The third-order valence-corrected chi connectivity index (χ3v) is 3.53. The van der Waals surface area contributed by atoms with E-state index in [4.69, 9.17) is 5.73 Å². The fourth-order valence-corrected chi connectivity index (χ4v) is 2.43. The van der Waals surface area contributed by atoms with Crippen LogP contribution in [0.1, 0.15) is 24.0 Å². The highest BCUT2D eigenvalue weighted by molar-refractivity contribution is 5.54. The highest BCUT2D eigenvalue weighted by Gasteiger charge is 2.30. The zero-order valence-electron chi connectivity index (χ0n) is 11.2. The van der Waals surface area contributed by atoms with E-state index in [9.17, 15) is 0 Å². The highest BCUT2D eigenvalue weighted by Crippen LogP contribution is 2.33. The van der Waals surface area contributed by atoms with Crippen LogP contribution in [0.5, 0.6) is 0 Å². The number of anilines is 2. The first-order valence-corrected chi connectivity index (χ1v) is 6.77. The number of pyridine rings is 1. The zero-order valence-corrected chi connectivity index (χ0v) is 11.2. The standard InChI is InChI=1S/C16H19N3/c1-12-9-14(17)10-18-16(12)19(15-7-8-15)11-13-5-3-2-4-6-13/h2-6,9-10,15H,7-8,11,17H2,1H3. The minimum Gasteiger partial charge on any atom is -0.397 e. The average Bonchev–Trinajstić information content (AvgIpc) is 3.22. The molecular formula is C16H19N3. The zero-order chi connectivity index (χ0) is 13.2. The summed E-state index contributed by atoms with van der Waals surface area (Å²) in [4.78, 5) is 6.94. The van der Waals surface area contributed by atoms with Gasteiger partial charge in [-0.25, -0.2) is 4.98 Å². The lowest BCUT2D eigenvalue weighted by Gasteiger charge is -2.25. The summed E-state index contributed by atoms with van der Waals surface area (Å²) in [5, 5.41) is 0. The van der Waals surface area contributed by atoms with Crippen molar-refractivity contribution in [3.63, 3.8) is 0 Å². The molecular weight excluding hydrogens is 234 g/mol. The van der Waals surface area contributed by atoms with Crippen molar-refractivity contribution in [3.8, 4) is 0 Å². The van der Waals surface area contributed by atoms with Gasteiger partial charge in [-0.1, -0.05) is 30.3 Å². The number of nitrogen functional groups attached to an aromatic ring is 1. The largest absolute Gasteiger partial charge is 0.397 e. The van der Waals surface area contributed by atoms with Gasteiger partial charge >= 0.3 is 0 Å². The van der Waals surface area contributed by atoms with E-state index in [0.717, 1.165) is 23.6 Å². The summed E-state index contributed by atoms with van der Waals surface area (Å²) in [6, 6.07) is 13.2. The van der Waals surface area contributed by atoms with Gasteiger partial charge in [-0.05, 0) is 37.0 Å². The number of nitrogens with zero attached hydrogens (tertiary/aromatic N) is 2. The van der Waals surface area contributed by atoms with Crippen LogP contribution in [0.15, 0.2) is 42.6 Å². The van der Waals surface area contributed by atoms with Gasteiger partial charge in [0.1, 0.15) is 5.82 Å². The Hall–Kier alpha value is -2.03. The van der Waals surface area contributed by atoms with Crippen molar-refractivity contribution in [1.29, 1.82) is 0 Å². The van der Waals surface area contributed by atoms with Gasteiger partial charge in [-0.15, -0.1) is 0 Å². The minimum atomic E-state index is 0.634. The number of hydrogen-bond acceptors (Lipinski definition) is 3. The molecule has 0 saturated heterocycles. The second-order valence-corrected chi connectivity index (χ2v) is 5.25. The van der Waals surface area contributed by atoms with Crippen molar-refractivity contribution in [1.82, 2.24) is 4.98 Å². The molecule has 0 amide bonds. The lowest BCUT2D eigenvalue weighted by Crippen LogP contribution is -2.26. The Morgan fingerprint density at radius 2 is 2.00 bits per heavy atom. The average molecular weight is 253 g/mol. The van der Waals surface area contributed by atoms with E-state index in [1.807, 2.05) is 6.07 Å². The minimum absolute atomic E-state index is 0.634. The van der Waals surface area contributed by atoms with E-state index in [1.54, 1.807) is 6.20 Å². The predicted molar refractivity (Wildman–Crippen MR) is 79.0 cm³/mol. The summed E-state index contributed by atoms with van der Waals surface area (Å²) in [6.07, 6.45) is 4.28. The Balaban J connectivity index is 1.89. The Morgan fingerprint density at radius 3 is 2.63 bits per heavy atom. The molecule has 1 aromatic carbocycles. The molecule has 2 N–H and O–H groups in total. The third-order valence-electron chi connectivity index (χ3n) is 3.53. The van der Waals surface area contributed by atoms with Crippen LogP contribution in [-0.4, -0.2) is 11.0 Å². The van der Waals surface area contributed by atoms with E-state index < -0.39 is 0 Å². The van der Waals surface area contributed by atoms with Crippen molar-refractivity contribution in [2.45, 2.75) is 32.4 Å². The van der Waals surface area contributed by atoms with E-state index in [-0.39, 0.29) is 0 Å². The SMILES string of the molecule is Cc1cc(N)cnc1N(Cc1ccccc1)C1CC1. The Kier molecular flexibility index (Phi) is 3.11. The maximum absolute atomic E-state index is 5.79. The van der Waals surface area contributed by atoms with Crippen LogP contribution < -0.4 is 10.6 Å². The van der Waals surface area contributed by atoms with Crippen LogP contribution in [0.25, 0.3) is 0 Å². The summed E-state index contributed by atoms with van der Waals surface area (Å²) in [5.41, 5.74) is 9.01. The smallest absolute Gasteiger partial charge is 0.132 e. The molecule has 0 atom stereocenters. The predicted octanol–water partition coefficient (Wildman–Crippen LogP) is 3.14. The number of rotatable bonds is 4. The van der Waals surface area contributed by atoms with Gasteiger partial charge in [0.05, 0.1) is 11.9 Å². The number of benzene rings is 1. The molecule has 0 unspecified atom stereocenters. The highest BCUT2D eigenvalue weighted by atomic mass is 15.2. The first kappa shape index (κ1) is 12.0. The summed E-state index contributed by atoms with van der Waals surface area (Å²) in [6.45, 7) is 3.00. The Morgan fingerprint density at radius 1 is 1.26 bits per heavy atom. The van der Waals surface area contributed by atoms with Crippen LogP contribution >= 0.6 is 0 Å². The topological polar surface area (TPSA) is 42.1 Å². The normalized spacial score (nSPS) is 14.4. The van der Waals surface area contributed by atoms with Crippen LogP contribution in [0, 0.1) is 6.92 Å². The molecule has 0 bridgehead atoms. The second-order valence-electron chi connectivity index (χ2n) is 5.25. The van der Waals surface area contributed by atoms with Crippen molar-refractivity contribution in [2.75, 3.05) is 10.6 Å². The molecule has 0 radical (unpaired) electrons. The first-order valence-electron chi connectivity index (χ1n) is 6.77. The summed E-state index contributed by atoms with van der Waals surface area (Å²) in [5.74, 6) is 1.07. The molecule has 1 aliphatic carbocycles.